The molecule has 0 aromatic heterocycles. The third kappa shape index (κ3) is 3.79. The maximum absolute atomic E-state index is 5.62. The monoisotopic (exact) mass is 193 g/mol. The fourth-order valence-electron chi connectivity index (χ4n) is 1.18. The van der Waals surface area contributed by atoms with Crippen LogP contribution in [0.1, 0.15) is 12.5 Å². The van der Waals surface area contributed by atoms with Crippen LogP contribution >= 0.6 is 0 Å². The van der Waals surface area contributed by atoms with Crippen LogP contribution in [0.3, 0.4) is 0 Å². The molecule has 14 heavy (non-hydrogen) atoms. The van der Waals surface area contributed by atoms with Crippen LogP contribution in [0.5, 0.6) is 5.75 Å². The first-order valence-electron chi connectivity index (χ1n) is 5.10. The van der Waals surface area contributed by atoms with Crippen LogP contribution < -0.4 is 4.74 Å². The van der Waals surface area contributed by atoms with E-state index in [1.54, 1.807) is 0 Å². The van der Waals surface area contributed by atoms with Crippen LogP contribution in [-0.4, -0.2) is 31.6 Å². The molecular formula is C12H19NO. The molecule has 0 saturated carbocycles. The Labute approximate surface area is 86.5 Å². The summed E-state index contributed by atoms with van der Waals surface area (Å²) in [7, 11) is 2.10. The molecule has 1 aromatic rings. The standard InChI is InChI=1S/C12H19NO/c1-4-13(3)8-9-14-12-7-5-6-11(2)10-12/h5-7,10H,4,8-9H2,1-3H3. The van der Waals surface area contributed by atoms with Gasteiger partial charge in [-0.2, -0.15) is 0 Å². The van der Waals surface area contributed by atoms with Crippen molar-refractivity contribution in [1.29, 1.82) is 0 Å². The molecule has 0 aliphatic heterocycles. The predicted molar refractivity (Wildman–Crippen MR) is 59.8 cm³/mol. The summed E-state index contributed by atoms with van der Waals surface area (Å²) in [5.41, 5.74) is 1.24. The minimum Gasteiger partial charge on any atom is -0.492 e. The van der Waals surface area contributed by atoms with E-state index in [9.17, 15) is 0 Å². The van der Waals surface area contributed by atoms with Gasteiger partial charge in [0.25, 0.3) is 0 Å². The van der Waals surface area contributed by atoms with Crippen molar-refractivity contribution in [2.45, 2.75) is 13.8 Å². The molecule has 0 fully saturated rings. The Balaban J connectivity index is 2.31. The molecule has 0 N–H and O–H groups in total. The summed E-state index contributed by atoms with van der Waals surface area (Å²) >= 11 is 0. The normalized spacial score (nSPS) is 10.6. The molecule has 0 heterocycles. The Bertz CT molecular complexity index is 273. The molecule has 0 aliphatic carbocycles. The van der Waals surface area contributed by atoms with Crippen LogP contribution in [0.15, 0.2) is 24.3 Å². The molecule has 0 bridgehead atoms. The van der Waals surface area contributed by atoms with E-state index in [1.807, 2.05) is 12.1 Å². The minimum absolute atomic E-state index is 0.758. The van der Waals surface area contributed by atoms with Gasteiger partial charge in [0.05, 0.1) is 0 Å². The van der Waals surface area contributed by atoms with Gasteiger partial charge in [-0.05, 0) is 38.2 Å². The maximum atomic E-state index is 5.62. The molecule has 2 nitrogen and oxygen atoms in total. The fraction of sp³-hybridized carbons (Fsp3) is 0.500. The first-order chi connectivity index (χ1) is 6.72. The van der Waals surface area contributed by atoms with E-state index in [1.165, 1.54) is 5.56 Å². The Morgan fingerprint density at radius 3 is 2.79 bits per heavy atom. The molecule has 2 heteroatoms. The van der Waals surface area contributed by atoms with E-state index in [-0.39, 0.29) is 0 Å². The average molecular weight is 193 g/mol. The summed E-state index contributed by atoms with van der Waals surface area (Å²) in [6.07, 6.45) is 0. The third-order valence-corrected chi connectivity index (χ3v) is 2.27. The van der Waals surface area contributed by atoms with E-state index in [2.05, 4.69) is 37.9 Å². The van der Waals surface area contributed by atoms with Crippen LogP contribution in [0.2, 0.25) is 0 Å². The maximum Gasteiger partial charge on any atom is 0.119 e. The second-order valence-electron chi connectivity index (χ2n) is 3.56. The zero-order chi connectivity index (χ0) is 10.4. The molecule has 1 rings (SSSR count). The van der Waals surface area contributed by atoms with Gasteiger partial charge in [-0.1, -0.05) is 19.1 Å². The Hall–Kier alpha value is -1.02. The lowest BCUT2D eigenvalue weighted by molar-refractivity contribution is 0.243. The van der Waals surface area contributed by atoms with E-state index >= 15 is 0 Å². The summed E-state index contributed by atoms with van der Waals surface area (Å²) in [5, 5.41) is 0. The number of aryl methyl sites for hydroxylation is 1. The third-order valence-electron chi connectivity index (χ3n) is 2.27. The second-order valence-corrected chi connectivity index (χ2v) is 3.56. The second kappa shape index (κ2) is 5.66. The van der Waals surface area contributed by atoms with Crippen molar-refractivity contribution in [1.82, 2.24) is 4.90 Å². The van der Waals surface area contributed by atoms with Gasteiger partial charge in [-0.25, -0.2) is 0 Å². The molecular weight excluding hydrogens is 174 g/mol. The number of nitrogens with zero attached hydrogens (tertiary/aromatic N) is 1. The molecule has 0 radical (unpaired) electrons. The topological polar surface area (TPSA) is 12.5 Å². The summed E-state index contributed by atoms with van der Waals surface area (Å²) in [5.74, 6) is 0.967. The van der Waals surface area contributed by atoms with Crippen molar-refractivity contribution in [2.75, 3.05) is 26.7 Å². The molecule has 0 amide bonds. The van der Waals surface area contributed by atoms with Gasteiger partial charge < -0.3 is 9.64 Å². The average Bonchev–Trinajstić information content (AvgIpc) is 2.17. The van der Waals surface area contributed by atoms with Gasteiger partial charge in [0.15, 0.2) is 0 Å². The molecule has 1 aromatic carbocycles. The Kier molecular flexibility index (Phi) is 4.47. The SMILES string of the molecule is CCN(C)CCOc1cccc(C)c1. The summed E-state index contributed by atoms with van der Waals surface area (Å²) < 4.78 is 5.62. The Morgan fingerprint density at radius 1 is 1.36 bits per heavy atom. The Morgan fingerprint density at radius 2 is 2.14 bits per heavy atom. The first-order valence-corrected chi connectivity index (χ1v) is 5.10. The van der Waals surface area contributed by atoms with E-state index in [0.717, 1.165) is 25.4 Å². The van der Waals surface area contributed by atoms with Crippen molar-refractivity contribution in [2.24, 2.45) is 0 Å². The van der Waals surface area contributed by atoms with Crippen molar-refractivity contribution in [3.8, 4) is 5.75 Å². The van der Waals surface area contributed by atoms with Gasteiger partial charge in [0.1, 0.15) is 12.4 Å². The molecule has 0 atom stereocenters. The summed E-state index contributed by atoms with van der Waals surface area (Å²) in [6.45, 7) is 7.02. The lowest BCUT2D eigenvalue weighted by atomic mass is 10.2. The predicted octanol–water partition coefficient (Wildman–Crippen LogP) is 2.33. The molecule has 78 valence electrons. The highest BCUT2D eigenvalue weighted by Gasteiger charge is 1.96. The summed E-state index contributed by atoms with van der Waals surface area (Å²) in [4.78, 5) is 2.23. The number of benzene rings is 1. The highest BCUT2D eigenvalue weighted by molar-refractivity contribution is 5.27. The van der Waals surface area contributed by atoms with Crippen LogP contribution in [0.4, 0.5) is 0 Å². The van der Waals surface area contributed by atoms with E-state index in [0.29, 0.717) is 0 Å². The zero-order valence-corrected chi connectivity index (χ0v) is 9.29. The number of rotatable bonds is 5. The highest BCUT2D eigenvalue weighted by Crippen LogP contribution is 2.11. The smallest absolute Gasteiger partial charge is 0.119 e. The van der Waals surface area contributed by atoms with Crippen LogP contribution in [-0.2, 0) is 0 Å². The van der Waals surface area contributed by atoms with Crippen LogP contribution in [0.25, 0.3) is 0 Å². The quantitative estimate of drug-likeness (QED) is 0.711. The minimum atomic E-state index is 0.758. The van der Waals surface area contributed by atoms with Crippen LogP contribution in [0, 0.1) is 6.92 Å². The first kappa shape index (κ1) is 11.1. The number of hydrogen-bond donors (Lipinski definition) is 0. The number of hydrogen-bond acceptors (Lipinski definition) is 2. The van der Waals surface area contributed by atoms with Crippen molar-refractivity contribution in [3.05, 3.63) is 29.8 Å². The molecule has 0 unspecified atom stereocenters. The lowest BCUT2D eigenvalue weighted by Gasteiger charge is -2.14. The van der Waals surface area contributed by atoms with E-state index < -0.39 is 0 Å². The number of ether oxygens (including phenoxy) is 1. The molecule has 0 aliphatic rings. The van der Waals surface area contributed by atoms with Gasteiger partial charge in [0.2, 0.25) is 0 Å². The van der Waals surface area contributed by atoms with Crippen molar-refractivity contribution >= 4 is 0 Å². The van der Waals surface area contributed by atoms with Gasteiger partial charge in [0, 0.05) is 6.54 Å². The summed E-state index contributed by atoms with van der Waals surface area (Å²) in [6, 6.07) is 8.16. The largest absolute Gasteiger partial charge is 0.492 e. The van der Waals surface area contributed by atoms with Crippen molar-refractivity contribution in [3.63, 3.8) is 0 Å². The van der Waals surface area contributed by atoms with Crippen molar-refractivity contribution < 1.29 is 4.74 Å². The fourth-order valence-corrected chi connectivity index (χ4v) is 1.18. The van der Waals surface area contributed by atoms with Gasteiger partial charge in [-0.15, -0.1) is 0 Å². The molecule has 0 spiro atoms. The lowest BCUT2D eigenvalue weighted by Crippen LogP contribution is -2.23. The van der Waals surface area contributed by atoms with Gasteiger partial charge in [-0.3, -0.25) is 0 Å². The van der Waals surface area contributed by atoms with E-state index in [4.69, 9.17) is 4.74 Å². The molecule has 0 saturated heterocycles. The number of likely N-dealkylation sites (N-methyl/N-ethyl adjacent to an activating group) is 1. The highest BCUT2D eigenvalue weighted by atomic mass is 16.5. The van der Waals surface area contributed by atoms with Gasteiger partial charge >= 0.3 is 0 Å². The zero-order valence-electron chi connectivity index (χ0n) is 9.29.